The molecular formula is C11H19N3. The molecule has 0 saturated carbocycles. The molecule has 3 N–H and O–H groups in total. The summed E-state index contributed by atoms with van der Waals surface area (Å²) in [5, 5.41) is 3.35. The number of aromatic nitrogens is 1. The number of anilines is 1. The van der Waals surface area contributed by atoms with Crippen molar-refractivity contribution in [3.8, 4) is 0 Å². The third-order valence-corrected chi connectivity index (χ3v) is 2.36. The number of hydrogen-bond donors (Lipinski definition) is 2. The van der Waals surface area contributed by atoms with Crippen LogP contribution >= 0.6 is 0 Å². The highest BCUT2D eigenvalue weighted by atomic mass is 14.9. The number of rotatable bonds is 4. The Kier molecular flexibility index (Phi) is 3.89. The van der Waals surface area contributed by atoms with Crippen molar-refractivity contribution in [2.24, 2.45) is 5.73 Å². The number of pyridine rings is 1. The van der Waals surface area contributed by atoms with Gasteiger partial charge in [-0.3, -0.25) is 4.98 Å². The summed E-state index contributed by atoms with van der Waals surface area (Å²) in [7, 11) is 0. The molecule has 0 aliphatic rings. The Morgan fingerprint density at radius 2 is 2.21 bits per heavy atom. The van der Waals surface area contributed by atoms with E-state index in [1.54, 1.807) is 0 Å². The van der Waals surface area contributed by atoms with Crippen molar-refractivity contribution < 1.29 is 0 Å². The molecule has 0 aliphatic carbocycles. The third-order valence-electron chi connectivity index (χ3n) is 2.36. The van der Waals surface area contributed by atoms with E-state index < -0.39 is 0 Å². The molecule has 0 fully saturated rings. The van der Waals surface area contributed by atoms with Gasteiger partial charge in [0.15, 0.2) is 0 Å². The predicted octanol–water partition coefficient (Wildman–Crippen LogP) is 1.79. The van der Waals surface area contributed by atoms with Crippen LogP contribution in [0, 0.1) is 0 Å². The van der Waals surface area contributed by atoms with Crippen LogP contribution in [0.1, 0.15) is 26.5 Å². The zero-order valence-electron chi connectivity index (χ0n) is 9.12. The summed E-state index contributed by atoms with van der Waals surface area (Å²) >= 11 is 0. The van der Waals surface area contributed by atoms with Gasteiger partial charge < -0.3 is 11.1 Å². The smallest absolute Gasteiger partial charge is 0.0421 e. The minimum absolute atomic E-state index is 0.147. The Bertz CT molecular complexity index is 284. The Hall–Kier alpha value is -1.09. The standard InChI is InChI=1S/C11H19N3/c1-4-10-7-11(5-6-13-10)14-9(3)8(2)12/h5-9H,4,12H2,1-3H3,(H,13,14). The van der Waals surface area contributed by atoms with Crippen LogP contribution in [0.25, 0.3) is 0 Å². The van der Waals surface area contributed by atoms with E-state index >= 15 is 0 Å². The first kappa shape index (κ1) is 11.0. The highest BCUT2D eigenvalue weighted by molar-refractivity contribution is 5.44. The zero-order valence-corrected chi connectivity index (χ0v) is 9.12. The molecule has 0 radical (unpaired) electrons. The summed E-state index contributed by atoms with van der Waals surface area (Å²) in [5.74, 6) is 0. The summed E-state index contributed by atoms with van der Waals surface area (Å²) in [4.78, 5) is 4.24. The summed E-state index contributed by atoms with van der Waals surface area (Å²) in [6.07, 6.45) is 2.79. The van der Waals surface area contributed by atoms with Gasteiger partial charge in [-0.25, -0.2) is 0 Å². The second kappa shape index (κ2) is 4.96. The van der Waals surface area contributed by atoms with E-state index in [0.717, 1.165) is 17.8 Å². The molecule has 1 heterocycles. The van der Waals surface area contributed by atoms with Crippen LogP contribution in [0.2, 0.25) is 0 Å². The average molecular weight is 193 g/mol. The molecule has 3 nitrogen and oxygen atoms in total. The molecule has 14 heavy (non-hydrogen) atoms. The molecule has 0 bridgehead atoms. The van der Waals surface area contributed by atoms with Gasteiger partial charge in [-0.1, -0.05) is 6.92 Å². The quantitative estimate of drug-likeness (QED) is 0.766. The lowest BCUT2D eigenvalue weighted by molar-refractivity contribution is 0.638. The van der Waals surface area contributed by atoms with Crippen molar-refractivity contribution >= 4 is 5.69 Å². The first-order valence-electron chi connectivity index (χ1n) is 5.10. The van der Waals surface area contributed by atoms with Gasteiger partial charge >= 0.3 is 0 Å². The van der Waals surface area contributed by atoms with Crippen LogP contribution in [0.5, 0.6) is 0 Å². The van der Waals surface area contributed by atoms with Crippen LogP contribution in [0.4, 0.5) is 5.69 Å². The lowest BCUT2D eigenvalue weighted by Crippen LogP contribution is -2.35. The molecule has 0 amide bonds. The van der Waals surface area contributed by atoms with E-state index in [9.17, 15) is 0 Å². The van der Waals surface area contributed by atoms with E-state index in [1.165, 1.54) is 0 Å². The number of nitrogens with two attached hydrogens (primary N) is 1. The van der Waals surface area contributed by atoms with Gasteiger partial charge in [-0.2, -0.15) is 0 Å². The molecule has 0 aliphatic heterocycles. The fourth-order valence-corrected chi connectivity index (χ4v) is 1.16. The van der Waals surface area contributed by atoms with Crippen LogP contribution < -0.4 is 11.1 Å². The monoisotopic (exact) mass is 193 g/mol. The van der Waals surface area contributed by atoms with E-state index in [0.29, 0.717) is 0 Å². The highest BCUT2D eigenvalue weighted by Crippen LogP contribution is 2.10. The normalized spacial score (nSPS) is 14.9. The SMILES string of the molecule is CCc1cc(NC(C)C(C)N)ccn1. The second-order valence-corrected chi connectivity index (χ2v) is 3.68. The first-order chi connectivity index (χ1) is 6.63. The number of nitrogens with one attached hydrogen (secondary N) is 1. The molecule has 0 aromatic carbocycles. The van der Waals surface area contributed by atoms with Crippen molar-refractivity contribution in [1.29, 1.82) is 0 Å². The van der Waals surface area contributed by atoms with Crippen LogP contribution in [-0.4, -0.2) is 17.1 Å². The predicted molar refractivity (Wildman–Crippen MR) is 60.3 cm³/mol. The fourth-order valence-electron chi connectivity index (χ4n) is 1.16. The van der Waals surface area contributed by atoms with Gasteiger partial charge in [-0.05, 0) is 32.4 Å². The minimum Gasteiger partial charge on any atom is -0.381 e. The average Bonchev–Trinajstić information content (AvgIpc) is 2.18. The van der Waals surface area contributed by atoms with E-state index in [4.69, 9.17) is 5.73 Å². The van der Waals surface area contributed by atoms with Crippen molar-refractivity contribution in [3.63, 3.8) is 0 Å². The first-order valence-corrected chi connectivity index (χ1v) is 5.10. The maximum atomic E-state index is 5.78. The zero-order chi connectivity index (χ0) is 10.6. The molecule has 1 aromatic heterocycles. The van der Waals surface area contributed by atoms with Crippen molar-refractivity contribution in [1.82, 2.24) is 4.98 Å². The van der Waals surface area contributed by atoms with Crippen LogP contribution in [0.3, 0.4) is 0 Å². The molecule has 0 spiro atoms. The summed E-state index contributed by atoms with van der Waals surface area (Å²) in [6, 6.07) is 4.46. The number of nitrogens with zero attached hydrogens (tertiary/aromatic N) is 1. The van der Waals surface area contributed by atoms with Gasteiger partial charge in [0.1, 0.15) is 0 Å². The van der Waals surface area contributed by atoms with Crippen LogP contribution in [0.15, 0.2) is 18.3 Å². The maximum absolute atomic E-state index is 5.78. The largest absolute Gasteiger partial charge is 0.381 e. The molecular weight excluding hydrogens is 174 g/mol. The number of aryl methyl sites for hydroxylation is 1. The second-order valence-electron chi connectivity index (χ2n) is 3.68. The molecule has 2 unspecified atom stereocenters. The summed E-state index contributed by atoms with van der Waals surface area (Å²) in [5.41, 5.74) is 7.98. The maximum Gasteiger partial charge on any atom is 0.0421 e. The van der Waals surface area contributed by atoms with Gasteiger partial charge in [0.25, 0.3) is 0 Å². The molecule has 1 aromatic rings. The van der Waals surface area contributed by atoms with E-state index in [1.807, 2.05) is 19.2 Å². The van der Waals surface area contributed by atoms with Gasteiger partial charge in [0.2, 0.25) is 0 Å². The van der Waals surface area contributed by atoms with Crippen LogP contribution in [-0.2, 0) is 6.42 Å². The summed E-state index contributed by atoms with van der Waals surface area (Å²) in [6.45, 7) is 6.18. The Balaban J connectivity index is 2.66. The Morgan fingerprint density at radius 1 is 1.50 bits per heavy atom. The van der Waals surface area contributed by atoms with Crippen molar-refractivity contribution in [2.45, 2.75) is 39.3 Å². The lowest BCUT2D eigenvalue weighted by Gasteiger charge is -2.18. The minimum atomic E-state index is 0.147. The Labute approximate surface area is 85.7 Å². The van der Waals surface area contributed by atoms with Gasteiger partial charge in [0, 0.05) is 29.7 Å². The number of hydrogen-bond acceptors (Lipinski definition) is 3. The van der Waals surface area contributed by atoms with Gasteiger partial charge in [-0.15, -0.1) is 0 Å². The molecule has 0 saturated heterocycles. The van der Waals surface area contributed by atoms with Crippen molar-refractivity contribution in [2.75, 3.05) is 5.32 Å². The lowest BCUT2D eigenvalue weighted by atomic mass is 10.1. The van der Waals surface area contributed by atoms with E-state index in [2.05, 4.69) is 30.2 Å². The molecule has 78 valence electrons. The topological polar surface area (TPSA) is 50.9 Å². The van der Waals surface area contributed by atoms with Gasteiger partial charge in [0.05, 0.1) is 0 Å². The Morgan fingerprint density at radius 3 is 2.79 bits per heavy atom. The third kappa shape index (κ3) is 3.00. The van der Waals surface area contributed by atoms with Crippen molar-refractivity contribution in [3.05, 3.63) is 24.0 Å². The molecule has 2 atom stereocenters. The summed E-state index contributed by atoms with van der Waals surface area (Å²) < 4.78 is 0. The van der Waals surface area contributed by atoms with E-state index in [-0.39, 0.29) is 12.1 Å². The molecule has 1 rings (SSSR count). The highest BCUT2D eigenvalue weighted by Gasteiger charge is 2.06. The molecule has 3 heteroatoms. The fraction of sp³-hybridized carbons (Fsp3) is 0.545.